The normalized spacial score (nSPS) is 14.5. The molecule has 6 aromatic rings. The number of carbonyl (C=O) groups is 4. The zero-order chi connectivity index (χ0) is 57.4. The summed E-state index contributed by atoms with van der Waals surface area (Å²) in [5.41, 5.74) is 10.6. The molecule has 1 saturated heterocycles. The number of amides is 2. The lowest BCUT2D eigenvalue weighted by Gasteiger charge is -2.35. The molecule has 4 atom stereocenters. The summed E-state index contributed by atoms with van der Waals surface area (Å²) in [4.78, 5) is 86.2. The number of carboxylic acids is 2. The lowest BCUT2D eigenvalue weighted by atomic mass is 9.87. The molecule has 418 valence electrons. The van der Waals surface area contributed by atoms with Crippen LogP contribution in [0, 0.1) is 39.5 Å². The predicted octanol–water partition coefficient (Wildman–Crippen LogP) is 10.3. The van der Waals surface area contributed by atoms with Crippen LogP contribution in [0.5, 0.6) is 0 Å². The average molecular weight is 1080 g/mol. The van der Waals surface area contributed by atoms with Crippen LogP contribution in [0.3, 0.4) is 0 Å². The van der Waals surface area contributed by atoms with Crippen LogP contribution in [-0.2, 0) is 32.1 Å². The Balaban J connectivity index is 1.25. The monoisotopic (exact) mass is 1080 g/mol. The Hall–Kier alpha value is -7.49. The van der Waals surface area contributed by atoms with E-state index in [1.54, 1.807) is 30.6 Å². The summed E-state index contributed by atoms with van der Waals surface area (Å²) in [5.74, 6) is -3.23. The van der Waals surface area contributed by atoms with Crippen LogP contribution in [0.4, 0.5) is 4.39 Å². The molecule has 1 aliphatic heterocycles. The van der Waals surface area contributed by atoms with Gasteiger partial charge in [0.25, 0.3) is 11.1 Å². The first kappa shape index (κ1) is 59.2. The van der Waals surface area contributed by atoms with Gasteiger partial charge in [0.2, 0.25) is 11.8 Å². The minimum Gasteiger partial charge on any atom is -0.481 e. The van der Waals surface area contributed by atoms with Crippen molar-refractivity contribution in [3.8, 4) is 33.4 Å². The molecule has 0 saturated carbocycles. The van der Waals surface area contributed by atoms with E-state index in [2.05, 4.69) is 10.6 Å². The smallest absolute Gasteiger partial charge is 0.305 e. The molecule has 0 spiro atoms. The number of hydrogen-bond acceptors (Lipinski definition) is 8. The SMILES string of the molecule is Cc1cccc(C)c1-c1cccc([C@H](CC(=O)O)NC(=O)[C@H](CC(C)C)n2cc(CN3CC(F)C3)c(-c3ccc(C)c(-c4cccc([C@H](CC(=O)O)NC(=O)[C@H](CC(C)C)n5cc(CCN(C)C)ccc5=O)c4)c3C)cc2=O)c1. The topological polar surface area (TPSA) is 183 Å². The zero-order valence-electron chi connectivity index (χ0n) is 47.3. The van der Waals surface area contributed by atoms with Gasteiger partial charge in [-0.3, -0.25) is 33.7 Å². The summed E-state index contributed by atoms with van der Waals surface area (Å²) in [6, 6.07) is 25.8. The Morgan fingerprint density at radius 3 is 1.65 bits per heavy atom. The third kappa shape index (κ3) is 14.8. The highest BCUT2D eigenvalue weighted by atomic mass is 19.1. The van der Waals surface area contributed by atoms with E-state index < -0.39 is 72.5 Å². The van der Waals surface area contributed by atoms with Gasteiger partial charge in [-0.15, -0.1) is 0 Å². The second-order valence-electron chi connectivity index (χ2n) is 22.6. The van der Waals surface area contributed by atoms with Gasteiger partial charge in [-0.25, -0.2) is 4.39 Å². The summed E-state index contributed by atoms with van der Waals surface area (Å²) in [5, 5.41) is 26.4. The van der Waals surface area contributed by atoms with Crippen molar-refractivity contribution in [2.24, 2.45) is 11.8 Å². The summed E-state index contributed by atoms with van der Waals surface area (Å²) in [7, 11) is 3.93. The molecule has 79 heavy (non-hydrogen) atoms. The Kier molecular flexibility index (Phi) is 19.5. The third-order valence-electron chi connectivity index (χ3n) is 15.0. The lowest BCUT2D eigenvalue weighted by molar-refractivity contribution is -0.139. The number of aryl methyl sites for hydroxylation is 3. The quantitative estimate of drug-likeness (QED) is 0.0455. The Morgan fingerprint density at radius 1 is 0.633 bits per heavy atom. The molecule has 0 aliphatic carbocycles. The van der Waals surface area contributed by atoms with Gasteiger partial charge in [0, 0.05) is 50.7 Å². The first-order chi connectivity index (χ1) is 37.5. The van der Waals surface area contributed by atoms with Gasteiger partial charge in [-0.05, 0) is 163 Å². The van der Waals surface area contributed by atoms with Crippen molar-refractivity contribution in [3.05, 3.63) is 175 Å². The van der Waals surface area contributed by atoms with E-state index in [-0.39, 0.29) is 43.5 Å². The van der Waals surface area contributed by atoms with Crippen molar-refractivity contribution in [1.29, 1.82) is 0 Å². The van der Waals surface area contributed by atoms with E-state index in [0.717, 1.165) is 62.2 Å². The van der Waals surface area contributed by atoms with Crippen molar-refractivity contribution in [2.75, 3.05) is 33.7 Å². The zero-order valence-corrected chi connectivity index (χ0v) is 47.3. The fraction of sp³-hybridized carbons (Fsp3) is 0.406. The van der Waals surface area contributed by atoms with Crippen LogP contribution in [0.15, 0.2) is 119 Å². The maximum absolute atomic E-state index is 14.8. The predicted molar refractivity (Wildman–Crippen MR) is 309 cm³/mol. The van der Waals surface area contributed by atoms with E-state index in [1.807, 2.05) is 146 Å². The van der Waals surface area contributed by atoms with E-state index >= 15 is 0 Å². The fourth-order valence-electron chi connectivity index (χ4n) is 11.0. The van der Waals surface area contributed by atoms with Crippen molar-refractivity contribution in [1.82, 2.24) is 29.6 Å². The van der Waals surface area contributed by atoms with Crippen LogP contribution < -0.4 is 21.8 Å². The van der Waals surface area contributed by atoms with E-state index in [9.17, 15) is 43.4 Å². The van der Waals surface area contributed by atoms with Crippen LogP contribution in [0.2, 0.25) is 0 Å². The summed E-state index contributed by atoms with van der Waals surface area (Å²) < 4.78 is 17.4. The number of hydrogen-bond donors (Lipinski definition) is 4. The molecule has 0 radical (unpaired) electrons. The average Bonchev–Trinajstić information content (AvgIpc) is 3.38. The molecular formula is C64H77FN6O8. The number of alkyl halides is 1. The molecule has 4 N–H and O–H groups in total. The molecule has 2 amide bonds. The Labute approximate surface area is 463 Å². The summed E-state index contributed by atoms with van der Waals surface area (Å²) in [6.45, 7) is 17.2. The van der Waals surface area contributed by atoms with Crippen molar-refractivity contribution in [2.45, 2.75) is 124 Å². The van der Waals surface area contributed by atoms with Crippen LogP contribution in [0.1, 0.15) is 122 Å². The van der Waals surface area contributed by atoms with Gasteiger partial charge in [-0.1, -0.05) is 100 Å². The fourth-order valence-corrected chi connectivity index (χ4v) is 11.0. The molecule has 4 aromatic carbocycles. The number of pyridine rings is 2. The van der Waals surface area contributed by atoms with Gasteiger partial charge in [0.05, 0.1) is 24.9 Å². The number of aromatic nitrogens is 2. The molecule has 15 heteroatoms. The molecule has 3 heterocycles. The van der Waals surface area contributed by atoms with E-state index in [0.29, 0.717) is 35.1 Å². The Morgan fingerprint density at radius 2 is 1.14 bits per heavy atom. The largest absolute Gasteiger partial charge is 0.481 e. The Bertz CT molecular complexity index is 3300. The molecule has 0 unspecified atom stereocenters. The number of nitrogens with one attached hydrogen (secondary N) is 2. The molecule has 2 aromatic heterocycles. The highest BCUT2D eigenvalue weighted by Gasteiger charge is 2.32. The number of carboxylic acid groups (broad SMARTS) is 2. The van der Waals surface area contributed by atoms with Gasteiger partial charge in [0.15, 0.2) is 0 Å². The highest BCUT2D eigenvalue weighted by Crippen LogP contribution is 2.38. The van der Waals surface area contributed by atoms with Crippen molar-refractivity contribution >= 4 is 23.8 Å². The molecule has 7 rings (SSSR count). The lowest BCUT2D eigenvalue weighted by Crippen LogP contribution is -2.47. The van der Waals surface area contributed by atoms with Crippen LogP contribution in [-0.4, -0.2) is 92.8 Å². The number of halogens is 1. The minimum absolute atomic E-state index is 0.0276. The first-order valence-corrected chi connectivity index (χ1v) is 27.4. The number of benzene rings is 4. The second kappa shape index (κ2) is 26.0. The van der Waals surface area contributed by atoms with Crippen LogP contribution >= 0.6 is 0 Å². The number of aliphatic carboxylic acids is 2. The standard InChI is InChI=1S/C64H77FN6O8/c1-38(2)26-55(70-33-44(21-23-57(70)72)24-25-68(9)10)63(78)66-54(32-60(76)77)46-17-13-19-48(29-46)62-42(7)20-22-51(43(62)8)52-30-58(73)71(35-49(52)34-69-36-50(65)37-69)56(27-39(3)4)64(79)67-53(31-59(74)75)45-16-12-18-47(28-45)61-40(5)14-11-15-41(61)6/h11-23,28-30,33,35,38-39,50,53-56H,24-27,31-32,34,36-37H2,1-10H3,(H,66,78)(H,67,79)(H,74,75)(H,76,77)/t53-,54-,55-,56-/m0/s1. The number of rotatable bonds is 24. The first-order valence-electron chi connectivity index (χ1n) is 27.4. The summed E-state index contributed by atoms with van der Waals surface area (Å²) in [6.07, 6.45) is 2.88. The number of likely N-dealkylation sites (N-methyl/N-ethyl adjacent to an activating group) is 1. The number of likely N-dealkylation sites (tertiary alicyclic amines) is 1. The van der Waals surface area contributed by atoms with Crippen LogP contribution in [0.25, 0.3) is 33.4 Å². The second-order valence-corrected chi connectivity index (χ2v) is 22.6. The molecule has 1 fully saturated rings. The summed E-state index contributed by atoms with van der Waals surface area (Å²) >= 11 is 0. The molecule has 0 bridgehead atoms. The number of nitrogens with zero attached hydrogens (tertiary/aromatic N) is 4. The van der Waals surface area contributed by atoms with Gasteiger partial charge in [0.1, 0.15) is 18.3 Å². The van der Waals surface area contributed by atoms with Gasteiger partial charge >= 0.3 is 11.9 Å². The van der Waals surface area contributed by atoms with Gasteiger partial charge in [-0.2, -0.15) is 0 Å². The third-order valence-corrected chi connectivity index (χ3v) is 15.0. The molecular weight excluding hydrogens is 1000 g/mol. The molecule has 14 nitrogen and oxygen atoms in total. The maximum atomic E-state index is 14.8. The maximum Gasteiger partial charge on any atom is 0.305 e. The molecule has 1 aliphatic rings. The minimum atomic E-state index is -1.12. The van der Waals surface area contributed by atoms with Crippen molar-refractivity contribution < 1.29 is 33.8 Å². The van der Waals surface area contributed by atoms with Crippen molar-refractivity contribution in [3.63, 3.8) is 0 Å². The van der Waals surface area contributed by atoms with E-state index in [4.69, 9.17) is 0 Å². The number of carbonyl (C=O) groups excluding carboxylic acids is 2. The van der Waals surface area contributed by atoms with Gasteiger partial charge < -0.3 is 34.9 Å². The van der Waals surface area contributed by atoms with E-state index in [1.165, 1.54) is 21.3 Å². The highest BCUT2D eigenvalue weighted by molar-refractivity contribution is 5.85.